The number of ether oxygens (including phenoxy) is 4. The second-order valence-electron chi connectivity index (χ2n) is 19.0. The van der Waals surface area contributed by atoms with E-state index in [9.17, 15) is 45.6 Å². The summed E-state index contributed by atoms with van der Waals surface area (Å²) in [7, 11) is 0. The van der Waals surface area contributed by atoms with E-state index in [1.54, 1.807) is 6.08 Å². The molecule has 12 atom stereocenters. The van der Waals surface area contributed by atoms with Gasteiger partial charge < -0.3 is 65.1 Å². The van der Waals surface area contributed by atoms with Gasteiger partial charge in [0.25, 0.3) is 0 Å². The number of hydrogen-bond donors (Lipinski definition) is 9. The Balaban J connectivity index is 1.73. The van der Waals surface area contributed by atoms with Crippen LogP contribution in [0.15, 0.2) is 12.2 Å². The monoisotopic (exact) mass is 932 g/mol. The Kier molecular flexibility index (Phi) is 35.5. The molecule has 65 heavy (non-hydrogen) atoms. The van der Waals surface area contributed by atoms with Gasteiger partial charge in [0.15, 0.2) is 12.6 Å². The van der Waals surface area contributed by atoms with E-state index in [1.165, 1.54) is 148 Å². The highest BCUT2D eigenvalue weighted by atomic mass is 16.7. The summed E-state index contributed by atoms with van der Waals surface area (Å²) in [6.07, 6.45) is 24.4. The minimum Gasteiger partial charge on any atom is -0.394 e. The van der Waals surface area contributed by atoms with E-state index in [2.05, 4.69) is 19.2 Å². The van der Waals surface area contributed by atoms with Gasteiger partial charge in [0.2, 0.25) is 5.91 Å². The van der Waals surface area contributed by atoms with Crippen molar-refractivity contribution in [1.29, 1.82) is 0 Å². The van der Waals surface area contributed by atoms with Crippen LogP contribution in [0.3, 0.4) is 0 Å². The molecule has 0 aliphatic carbocycles. The second-order valence-corrected chi connectivity index (χ2v) is 19.0. The first-order valence-corrected chi connectivity index (χ1v) is 26.4. The van der Waals surface area contributed by atoms with Gasteiger partial charge in [-0.15, -0.1) is 0 Å². The van der Waals surface area contributed by atoms with Crippen LogP contribution in [0.2, 0.25) is 0 Å². The van der Waals surface area contributed by atoms with Crippen molar-refractivity contribution in [3.8, 4) is 0 Å². The van der Waals surface area contributed by atoms with Crippen LogP contribution in [0, 0.1) is 0 Å². The highest BCUT2D eigenvalue weighted by Gasteiger charge is 2.51. The SMILES string of the molecule is CCCCCCCCCCCCCCCCCCCCCCCC/C=C/C(O)C(COC1OC(CO)C(OC2OC(CO)C(O)C(O)C2O)C(O)C1O)NC(=O)CCCCCCCCC. The topological polar surface area (TPSA) is 228 Å². The van der Waals surface area contributed by atoms with Gasteiger partial charge in [-0.05, 0) is 19.3 Å². The summed E-state index contributed by atoms with van der Waals surface area (Å²) in [5.41, 5.74) is 0. The first-order chi connectivity index (χ1) is 31.6. The second kappa shape index (κ2) is 38.6. The maximum atomic E-state index is 13.0. The van der Waals surface area contributed by atoms with Gasteiger partial charge in [-0.3, -0.25) is 4.79 Å². The lowest BCUT2D eigenvalue weighted by atomic mass is 9.97. The van der Waals surface area contributed by atoms with Crippen molar-refractivity contribution >= 4 is 5.91 Å². The molecule has 0 aromatic rings. The lowest BCUT2D eigenvalue weighted by Crippen LogP contribution is -2.65. The van der Waals surface area contributed by atoms with Crippen molar-refractivity contribution < 1.29 is 64.6 Å². The molecule has 2 aliphatic rings. The molecule has 1 amide bonds. The van der Waals surface area contributed by atoms with Crippen molar-refractivity contribution in [2.75, 3.05) is 19.8 Å². The average Bonchev–Trinajstić information content (AvgIpc) is 3.30. The zero-order valence-corrected chi connectivity index (χ0v) is 40.7. The Morgan fingerprint density at radius 2 is 0.954 bits per heavy atom. The summed E-state index contributed by atoms with van der Waals surface area (Å²) in [4.78, 5) is 13.0. The van der Waals surface area contributed by atoms with Crippen molar-refractivity contribution in [3.05, 3.63) is 12.2 Å². The number of rotatable bonds is 41. The molecule has 0 bridgehead atoms. The minimum absolute atomic E-state index is 0.245. The van der Waals surface area contributed by atoms with E-state index in [0.29, 0.717) is 6.42 Å². The first kappa shape index (κ1) is 59.9. The quantitative estimate of drug-likeness (QED) is 0.0219. The van der Waals surface area contributed by atoms with Crippen LogP contribution in [0.25, 0.3) is 0 Å². The van der Waals surface area contributed by atoms with Crippen molar-refractivity contribution in [1.82, 2.24) is 5.32 Å². The lowest BCUT2D eigenvalue weighted by molar-refractivity contribution is -0.359. The summed E-state index contributed by atoms with van der Waals surface area (Å²) < 4.78 is 22.6. The number of allylic oxidation sites excluding steroid dienone is 1. The number of amides is 1. The molecule has 0 aromatic carbocycles. The molecule has 9 N–H and O–H groups in total. The van der Waals surface area contributed by atoms with Crippen molar-refractivity contribution in [3.63, 3.8) is 0 Å². The summed E-state index contributed by atoms with van der Waals surface area (Å²) in [6.45, 7) is 2.74. The van der Waals surface area contributed by atoms with E-state index in [0.717, 1.165) is 38.5 Å². The predicted octanol–water partition coefficient (Wildman–Crippen LogP) is 7.16. The number of carbonyl (C=O) groups excluding carboxylic acids is 1. The molecule has 2 fully saturated rings. The zero-order chi connectivity index (χ0) is 47.5. The molecule has 384 valence electrons. The highest BCUT2D eigenvalue weighted by Crippen LogP contribution is 2.30. The van der Waals surface area contributed by atoms with E-state index in [4.69, 9.17) is 18.9 Å². The summed E-state index contributed by atoms with van der Waals surface area (Å²) in [5, 5.41) is 86.5. The van der Waals surface area contributed by atoms with Crippen LogP contribution in [-0.2, 0) is 23.7 Å². The average molecular weight is 932 g/mol. The Morgan fingerprint density at radius 3 is 1.42 bits per heavy atom. The normalized spacial score (nSPS) is 27.0. The first-order valence-electron chi connectivity index (χ1n) is 26.4. The van der Waals surface area contributed by atoms with Crippen LogP contribution in [-0.4, -0.2) is 140 Å². The van der Waals surface area contributed by atoms with Gasteiger partial charge in [-0.1, -0.05) is 199 Å². The van der Waals surface area contributed by atoms with Crippen molar-refractivity contribution in [2.45, 2.75) is 286 Å². The van der Waals surface area contributed by atoms with Gasteiger partial charge in [0.05, 0.1) is 32.0 Å². The predicted molar refractivity (Wildman–Crippen MR) is 254 cm³/mol. The molecule has 2 heterocycles. The summed E-state index contributed by atoms with van der Waals surface area (Å²) >= 11 is 0. The summed E-state index contributed by atoms with van der Waals surface area (Å²) in [6, 6.07) is -0.906. The molecular formula is C51H97NO13. The van der Waals surface area contributed by atoms with Gasteiger partial charge in [-0.25, -0.2) is 0 Å². The molecule has 14 heteroatoms. The molecular weight excluding hydrogens is 835 g/mol. The Bertz CT molecular complexity index is 1150. The fourth-order valence-corrected chi connectivity index (χ4v) is 8.88. The van der Waals surface area contributed by atoms with E-state index in [-0.39, 0.29) is 18.9 Å². The van der Waals surface area contributed by atoms with Crippen molar-refractivity contribution in [2.24, 2.45) is 0 Å². The van der Waals surface area contributed by atoms with Gasteiger partial charge in [0, 0.05) is 6.42 Å². The van der Waals surface area contributed by atoms with E-state index >= 15 is 0 Å². The van der Waals surface area contributed by atoms with Gasteiger partial charge >= 0.3 is 0 Å². The number of aliphatic hydroxyl groups excluding tert-OH is 8. The third-order valence-corrected chi connectivity index (χ3v) is 13.2. The maximum Gasteiger partial charge on any atom is 0.220 e. The number of hydrogen-bond acceptors (Lipinski definition) is 13. The van der Waals surface area contributed by atoms with E-state index < -0.39 is 86.8 Å². The number of carbonyl (C=O) groups is 1. The Labute approximate surface area is 393 Å². The molecule has 12 unspecified atom stereocenters. The van der Waals surface area contributed by atoms with Crippen LogP contribution >= 0.6 is 0 Å². The third kappa shape index (κ3) is 25.8. The Hall–Kier alpha value is -1.27. The lowest BCUT2D eigenvalue weighted by Gasteiger charge is -2.46. The van der Waals surface area contributed by atoms with E-state index in [1.807, 2.05) is 6.08 Å². The van der Waals surface area contributed by atoms with Crippen LogP contribution in [0.1, 0.15) is 213 Å². The molecule has 2 aliphatic heterocycles. The Morgan fingerprint density at radius 1 is 0.538 bits per heavy atom. The summed E-state index contributed by atoms with van der Waals surface area (Å²) in [5.74, 6) is -0.245. The third-order valence-electron chi connectivity index (χ3n) is 13.2. The van der Waals surface area contributed by atoms with Crippen LogP contribution < -0.4 is 5.32 Å². The molecule has 14 nitrogen and oxygen atoms in total. The fourth-order valence-electron chi connectivity index (χ4n) is 8.88. The largest absolute Gasteiger partial charge is 0.394 e. The maximum absolute atomic E-state index is 13.0. The molecule has 0 aromatic heterocycles. The number of aliphatic hydroxyl groups is 8. The highest BCUT2D eigenvalue weighted by molar-refractivity contribution is 5.76. The zero-order valence-electron chi connectivity index (χ0n) is 40.7. The smallest absolute Gasteiger partial charge is 0.220 e. The molecule has 0 saturated carbocycles. The molecule has 0 radical (unpaired) electrons. The van der Waals surface area contributed by atoms with Gasteiger partial charge in [0.1, 0.15) is 48.8 Å². The molecule has 2 rings (SSSR count). The van der Waals surface area contributed by atoms with Crippen LogP contribution in [0.4, 0.5) is 0 Å². The fraction of sp³-hybridized carbons (Fsp3) is 0.941. The standard InChI is InChI=1S/C51H97NO13/c1-3-5-7-9-11-12-13-14-15-16-17-18-19-20-21-22-23-24-25-26-27-29-30-32-34-40(55)39(52-43(56)35-33-31-28-10-8-6-4-2)38-62-50-48(61)46(59)49(42(37-54)64-50)65-51-47(60)45(58)44(57)41(36-53)63-51/h32,34,39-42,44-51,53-55,57-61H,3-31,33,35-38H2,1-2H3,(H,52,56)/b34-32+. The molecule has 0 spiro atoms. The van der Waals surface area contributed by atoms with Crippen LogP contribution in [0.5, 0.6) is 0 Å². The minimum atomic E-state index is -1.78. The number of unbranched alkanes of at least 4 members (excludes halogenated alkanes) is 28. The number of nitrogens with one attached hydrogen (secondary N) is 1. The molecule has 2 saturated heterocycles. The van der Waals surface area contributed by atoms with Gasteiger partial charge in [-0.2, -0.15) is 0 Å².